The fourth-order valence-electron chi connectivity index (χ4n) is 7.29. The summed E-state index contributed by atoms with van der Waals surface area (Å²) < 4.78 is 6.22. The van der Waals surface area contributed by atoms with Crippen LogP contribution >= 0.6 is 0 Å². The van der Waals surface area contributed by atoms with Crippen molar-refractivity contribution in [2.45, 2.75) is 89.6 Å². The molecule has 4 aliphatic carbocycles. The largest absolute Gasteiger partial charge is 0.508 e. The molecule has 1 aromatic rings. The van der Waals surface area contributed by atoms with Crippen molar-refractivity contribution in [1.82, 2.24) is 0 Å². The topological polar surface area (TPSA) is 46.5 Å². The standard InChI is InChI=1S/C25H34O3/c1-25-14-13-20-19-10-8-18(26)15-17(19)7-9-21(20)22(25)11-12-23(25)28-24(27)16-5-3-2-4-6-16/h8,10,15-16,20-23,26H,2-7,9,11-14H2,1H3/t20-,21-,22+,23+,25+/m0/s1. The summed E-state index contributed by atoms with van der Waals surface area (Å²) in [5, 5.41) is 9.85. The predicted octanol–water partition coefficient (Wildman–Crippen LogP) is 5.74. The number of benzene rings is 1. The van der Waals surface area contributed by atoms with Crippen LogP contribution in [0.5, 0.6) is 5.75 Å². The lowest BCUT2D eigenvalue weighted by molar-refractivity contribution is -0.163. The van der Waals surface area contributed by atoms with Gasteiger partial charge in [-0.3, -0.25) is 4.79 Å². The van der Waals surface area contributed by atoms with Crippen LogP contribution in [0.2, 0.25) is 0 Å². The predicted molar refractivity (Wildman–Crippen MR) is 109 cm³/mol. The average Bonchev–Trinajstić information content (AvgIpc) is 3.04. The quantitative estimate of drug-likeness (QED) is 0.663. The number of hydrogen-bond donors (Lipinski definition) is 1. The SMILES string of the molecule is C[C@@]12CC[C@H]3c4ccc(O)cc4CC[C@@H]3[C@H]1CC[C@H]2OC(=O)C1CCCCC1. The van der Waals surface area contributed by atoms with Gasteiger partial charge < -0.3 is 9.84 Å². The lowest BCUT2D eigenvalue weighted by atomic mass is 9.55. The van der Waals surface area contributed by atoms with Crippen molar-refractivity contribution >= 4 is 5.97 Å². The number of rotatable bonds is 2. The molecule has 1 N–H and O–H groups in total. The van der Waals surface area contributed by atoms with E-state index in [-0.39, 0.29) is 23.4 Å². The molecule has 0 bridgehead atoms. The zero-order valence-corrected chi connectivity index (χ0v) is 17.2. The number of fused-ring (bicyclic) bond motifs is 5. The van der Waals surface area contributed by atoms with Crippen LogP contribution in [0, 0.1) is 23.2 Å². The van der Waals surface area contributed by atoms with Crippen molar-refractivity contribution in [1.29, 1.82) is 0 Å². The van der Waals surface area contributed by atoms with Crippen LogP contribution in [0.15, 0.2) is 18.2 Å². The van der Waals surface area contributed by atoms with Gasteiger partial charge in [0.05, 0.1) is 5.92 Å². The van der Waals surface area contributed by atoms with E-state index >= 15 is 0 Å². The Bertz CT molecular complexity index is 750. The van der Waals surface area contributed by atoms with E-state index in [0.717, 1.165) is 32.1 Å². The number of aryl methyl sites for hydroxylation is 1. The van der Waals surface area contributed by atoms with E-state index in [1.807, 2.05) is 12.1 Å². The number of phenols is 1. The van der Waals surface area contributed by atoms with Gasteiger partial charge in [-0.05, 0) is 92.4 Å². The Kier molecular flexibility index (Phi) is 4.68. The Hall–Kier alpha value is -1.51. The minimum absolute atomic E-state index is 0.0955. The summed E-state index contributed by atoms with van der Waals surface area (Å²) in [5.74, 6) is 2.63. The Balaban J connectivity index is 1.33. The summed E-state index contributed by atoms with van der Waals surface area (Å²) in [7, 11) is 0. The molecule has 5 atom stereocenters. The number of phenolic OH excluding ortho intramolecular Hbond substituents is 1. The highest BCUT2D eigenvalue weighted by molar-refractivity contribution is 5.72. The molecule has 1 aromatic carbocycles. The Morgan fingerprint density at radius 2 is 1.89 bits per heavy atom. The Morgan fingerprint density at radius 3 is 2.71 bits per heavy atom. The molecule has 0 spiro atoms. The van der Waals surface area contributed by atoms with E-state index in [0.29, 0.717) is 23.5 Å². The van der Waals surface area contributed by atoms with Gasteiger partial charge in [-0.1, -0.05) is 32.3 Å². The fraction of sp³-hybridized carbons (Fsp3) is 0.720. The molecule has 0 radical (unpaired) electrons. The van der Waals surface area contributed by atoms with Crippen molar-refractivity contribution in [3.63, 3.8) is 0 Å². The minimum atomic E-state index is 0.0955. The summed E-state index contributed by atoms with van der Waals surface area (Å²) in [6.07, 6.45) is 12.7. The first-order chi connectivity index (χ1) is 13.6. The lowest BCUT2D eigenvalue weighted by Gasteiger charge is -2.50. The summed E-state index contributed by atoms with van der Waals surface area (Å²) in [4.78, 5) is 12.8. The van der Waals surface area contributed by atoms with Gasteiger partial charge in [-0.25, -0.2) is 0 Å². The van der Waals surface area contributed by atoms with Gasteiger partial charge in [-0.15, -0.1) is 0 Å². The number of aromatic hydroxyl groups is 1. The molecule has 0 aromatic heterocycles. The monoisotopic (exact) mass is 382 g/mol. The molecule has 5 rings (SSSR count). The van der Waals surface area contributed by atoms with Crippen LogP contribution in [0.1, 0.15) is 88.2 Å². The van der Waals surface area contributed by atoms with Crippen molar-refractivity contribution in [3.05, 3.63) is 29.3 Å². The molecule has 3 saturated carbocycles. The van der Waals surface area contributed by atoms with E-state index in [4.69, 9.17) is 4.74 Å². The van der Waals surface area contributed by atoms with E-state index in [1.165, 1.54) is 49.7 Å². The zero-order chi connectivity index (χ0) is 19.3. The van der Waals surface area contributed by atoms with Gasteiger partial charge in [0.15, 0.2) is 0 Å². The van der Waals surface area contributed by atoms with E-state index < -0.39 is 0 Å². The molecule has 152 valence electrons. The first kappa shape index (κ1) is 18.5. The first-order valence-corrected chi connectivity index (χ1v) is 11.6. The summed E-state index contributed by atoms with van der Waals surface area (Å²) >= 11 is 0. The second-order valence-electron chi connectivity index (χ2n) is 10.2. The van der Waals surface area contributed by atoms with Crippen LogP contribution in [-0.2, 0) is 16.0 Å². The maximum Gasteiger partial charge on any atom is 0.309 e. The van der Waals surface area contributed by atoms with Gasteiger partial charge in [0.2, 0.25) is 0 Å². The van der Waals surface area contributed by atoms with Gasteiger partial charge in [0.25, 0.3) is 0 Å². The number of hydrogen-bond acceptors (Lipinski definition) is 3. The molecule has 0 unspecified atom stereocenters. The average molecular weight is 383 g/mol. The molecule has 3 heteroatoms. The van der Waals surface area contributed by atoms with Crippen LogP contribution in [-0.4, -0.2) is 17.2 Å². The highest BCUT2D eigenvalue weighted by Crippen LogP contribution is 2.61. The van der Waals surface area contributed by atoms with Gasteiger partial charge in [0, 0.05) is 5.41 Å². The third kappa shape index (κ3) is 2.97. The maximum absolute atomic E-state index is 12.8. The molecule has 0 saturated heterocycles. The maximum atomic E-state index is 12.8. The smallest absolute Gasteiger partial charge is 0.309 e. The molecular formula is C25H34O3. The molecular weight excluding hydrogens is 348 g/mol. The molecule has 0 amide bonds. The Morgan fingerprint density at radius 1 is 1.07 bits per heavy atom. The summed E-state index contributed by atoms with van der Waals surface area (Å²) in [5.41, 5.74) is 2.97. The molecule has 4 aliphatic rings. The van der Waals surface area contributed by atoms with Crippen LogP contribution in [0.25, 0.3) is 0 Å². The van der Waals surface area contributed by atoms with Crippen molar-refractivity contribution in [3.8, 4) is 5.75 Å². The first-order valence-electron chi connectivity index (χ1n) is 11.6. The van der Waals surface area contributed by atoms with Crippen LogP contribution in [0.4, 0.5) is 0 Å². The number of carbonyl (C=O) groups excluding carboxylic acids is 1. The second kappa shape index (κ2) is 7.07. The molecule has 3 fully saturated rings. The minimum Gasteiger partial charge on any atom is -0.508 e. The van der Waals surface area contributed by atoms with Crippen molar-refractivity contribution in [2.75, 3.05) is 0 Å². The number of carbonyl (C=O) groups is 1. The molecule has 0 aliphatic heterocycles. The van der Waals surface area contributed by atoms with E-state index in [9.17, 15) is 9.90 Å². The lowest BCUT2D eigenvalue weighted by Crippen LogP contribution is -2.45. The highest BCUT2D eigenvalue weighted by atomic mass is 16.5. The molecule has 3 nitrogen and oxygen atoms in total. The zero-order valence-electron chi connectivity index (χ0n) is 17.2. The number of ether oxygens (including phenoxy) is 1. The summed E-state index contributed by atoms with van der Waals surface area (Å²) in [6, 6.07) is 6.00. The second-order valence-corrected chi connectivity index (χ2v) is 10.2. The normalized spacial score (nSPS) is 37.6. The summed E-state index contributed by atoms with van der Waals surface area (Å²) in [6.45, 7) is 2.41. The van der Waals surface area contributed by atoms with E-state index in [1.54, 1.807) is 0 Å². The molecule has 28 heavy (non-hydrogen) atoms. The van der Waals surface area contributed by atoms with Gasteiger partial charge in [0.1, 0.15) is 11.9 Å². The fourth-order valence-corrected chi connectivity index (χ4v) is 7.29. The van der Waals surface area contributed by atoms with Crippen molar-refractivity contribution in [2.24, 2.45) is 23.2 Å². The molecule has 0 heterocycles. The van der Waals surface area contributed by atoms with Crippen LogP contribution in [0.3, 0.4) is 0 Å². The van der Waals surface area contributed by atoms with Gasteiger partial charge >= 0.3 is 5.97 Å². The van der Waals surface area contributed by atoms with E-state index in [2.05, 4.69) is 13.0 Å². The third-order valence-corrected chi connectivity index (χ3v) is 8.82. The van der Waals surface area contributed by atoms with Crippen LogP contribution < -0.4 is 0 Å². The van der Waals surface area contributed by atoms with Gasteiger partial charge in [-0.2, -0.15) is 0 Å². The third-order valence-electron chi connectivity index (χ3n) is 8.82. The Labute approximate surface area is 168 Å². The van der Waals surface area contributed by atoms with Crippen molar-refractivity contribution < 1.29 is 14.6 Å². The highest BCUT2D eigenvalue weighted by Gasteiger charge is 2.56. The number of esters is 1.